The van der Waals surface area contributed by atoms with E-state index < -0.39 is 0 Å². The molecule has 19 heavy (non-hydrogen) atoms. The lowest BCUT2D eigenvalue weighted by molar-refractivity contribution is 1.03. The van der Waals surface area contributed by atoms with Crippen LogP contribution in [0.15, 0.2) is 29.1 Å². The number of H-pyrrole nitrogens is 2. The van der Waals surface area contributed by atoms with E-state index in [0.717, 1.165) is 5.56 Å². The number of nitrogens with one attached hydrogen (secondary N) is 2. The van der Waals surface area contributed by atoms with Crippen LogP contribution in [0, 0.1) is 0 Å². The number of rotatable bonds is 2. The molecule has 0 unspecified atom stereocenters. The van der Waals surface area contributed by atoms with E-state index in [2.05, 4.69) is 19.9 Å². The first-order valence-electron chi connectivity index (χ1n) is 5.70. The van der Waals surface area contributed by atoms with Gasteiger partial charge in [-0.3, -0.25) is 9.78 Å². The molecule has 96 valence electrons. The minimum Gasteiger partial charge on any atom is -0.399 e. The van der Waals surface area contributed by atoms with Crippen LogP contribution < -0.4 is 17.0 Å². The van der Waals surface area contributed by atoms with Crippen molar-refractivity contribution in [3.8, 4) is 0 Å². The summed E-state index contributed by atoms with van der Waals surface area (Å²) in [6, 6.07) is 7.46. The summed E-state index contributed by atoms with van der Waals surface area (Å²) in [5.74, 6) is 0.714. The van der Waals surface area contributed by atoms with Gasteiger partial charge in [0.15, 0.2) is 11.2 Å². The molecule has 0 bridgehead atoms. The summed E-state index contributed by atoms with van der Waals surface area (Å²) < 4.78 is 0. The Hall–Kier alpha value is -2.83. The molecule has 6 N–H and O–H groups in total. The molecule has 0 saturated carbocycles. The van der Waals surface area contributed by atoms with E-state index in [-0.39, 0.29) is 11.5 Å². The first-order chi connectivity index (χ1) is 9.11. The molecule has 0 saturated heterocycles. The fourth-order valence-electron chi connectivity index (χ4n) is 1.88. The third-order valence-corrected chi connectivity index (χ3v) is 2.78. The van der Waals surface area contributed by atoms with Crippen LogP contribution in [-0.2, 0) is 6.42 Å². The molecule has 0 aliphatic heterocycles. The van der Waals surface area contributed by atoms with Crippen LogP contribution in [0.25, 0.3) is 11.2 Å². The number of nitrogens with two attached hydrogens (primary N) is 2. The molecule has 0 aliphatic carbocycles. The normalized spacial score (nSPS) is 10.9. The Morgan fingerprint density at radius 3 is 2.53 bits per heavy atom. The van der Waals surface area contributed by atoms with Gasteiger partial charge < -0.3 is 16.5 Å². The van der Waals surface area contributed by atoms with Crippen LogP contribution in [0.4, 0.5) is 11.6 Å². The van der Waals surface area contributed by atoms with Crippen molar-refractivity contribution in [2.75, 3.05) is 11.5 Å². The van der Waals surface area contributed by atoms with Crippen molar-refractivity contribution in [2.45, 2.75) is 6.42 Å². The monoisotopic (exact) mass is 256 g/mol. The van der Waals surface area contributed by atoms with Crippen molar-refractivity contribution in [1.29, 1.82) is 0 Å². The van der Waals surface area contributed by atoms with Gasteiger partial charge in [-0.05, 0) is 17.7 Å². The van der Waals surface area contributed by atoms with Gasteiger partial charge in [-0.2, -0.15) is 4.98 Å². The quantitative estimate of drug-likeness (QED) is 0.494. The van der Waals surface area contributed by atoms with Crippen molar-refractivity contribution in [1.82, 2.24) is 19.9 Å². The zero-order chi connectivity index (χ0) is 13.4. The average Bonchev–Trinajstić information content (AvgIpc) is 2.75. The summed E-state index contributed by atoms with van der Waals surface area (Å²) in [6.45, 7) is 0. The first kappa shape index (κ1) is 11.3. The number of nitrogens with zero attached hydrogens (tertiary/aromatic N) is 2. The van der Waals surface area contributed by atoms with E-state index in [0.29, 0.717) is 29.1 Å². The van der Waals surface area contributed by atoms with Crippen LogP contribution in [0.2, 0.25) is 0 Å². The van der Waals surface area contributed by atoms with Gasteiger partial charge in [-0.1, -0.05) is 12.1 Å². The molecule has 7 nitrogen and oxygen atoms in total. The molecular weight excluding hydrogens is 244 g/mol. The molecular formula is C12H12N6O. The maximum Gasteiger partial charge on any atom is 0.278 e. The lowest BCUT2D eigenvalue weighted by atomic mass is 10.1. The number of aromatic amines is 2. The number of nitrogen functional groups attached to an aromatic ring is 2. The maximum atomic E-state index is 11.6. The zero-order valence-corrected chi connectivity index (χ0v) is 9.97. The number of imidazole rings is 1. The molecule has 0 amide bonds. The van der Waals surface area contributed by atoms with E-state index in [1.807, 2.05) is 24.3 Å². The van der Waals surface area contributed by atoms with Gasteiger partial charge in [0, 0.05) is 12.1 Å². The van der Waals surface area contributed by atoms with Crippen LogP contribution >= 0.6 is 0 Å². The predicted octanol–water partition coefficient (Wildman–Crippen LogP) is 0.401. The molecule has 3 rings (SSSR count). The highest BCUT2D eigenvalue weighted by Crippen LogP contribution is 2.11. The standard InChI is InChI=1S/C12H12N6O/c13-7-3-1-6(2-4-7)5-8-15-9-10(16-8)17-12(14)18-11(9)19/h1-4H,5,13H2,(H4,14,15,16,17,18,19). The minimum atomic E-state index is -0.321. The zero-order valence-electron chi connectivity index (χ0n) is 9.97. The Morgan fingerprint density at radius 2 is 1.79 bits per heavy atom. The SMILES string of the molecule is Nc1ccc(Cc2nc3nc(N)[nH]c(=O)c3[nH]2)cc1. The van der Waals surface area contributed by atoms with Crippen molar-refractivity contribution >= 4 is 22.8 Å². The highest BCUT2D eigenvalue weighted by atomic mass is 16.1. The smallest absolute Gasteiger partial charge is 0.278 e. The van der Waals surface area contributed by atoms with Crippen LogP contribution in [0.1, 0.15) is 11.4 Å². The Balaban J connectivity index is 2.00. The number of hydrogen-bond acceptors (Lipinski definition) is 5. The third kappa shape index (κ3) is 2.13. The van der Waals surface area contributed by atoms with E-state index >= 15 is 0 Å². The highest BCUT2D eigenvalue weighted by molar-refractivity contribution is 5.70. The third-order valence-electron chi connectivity index (χ3n) is 2.78. The summed E-state index contributed by atoms with van der Waals surface area (Å²) in [5.41, 5.74) is 13.2. The Morgan fingerprint density at radius 1 is 1.05 bits per heavy atom. The van der Waals surface area contributed by atoms with Crippen molar-refractivity contribution < 1.29 is 0 Å². The molecule has 2 heterocycles. The number of fused-ring (bicyclic) bond motifs is 1. The molecule has 7 heteroatoms. The summed E-state index contributed by atoms with van der Waals surface area (Å²) in [7, 11) is 0. The fourth-order valence-corrected chi connectivity index (χ4v) is 1.88. The molecule has 0 radical (unpaired) electrons. The lowest BCUT2D eigenvalue weighted by Crippen LogP contribution is -2.10. The average molecular weight is 256 g/mol. The second kappa shape index (κ2) is 4.13. The van der Waals surface area contributed by atoms with E-state index in [1.54, 1.807) is 0 Å². The van der Waals surface area contributed by atoms with Crippen molar-refractivity contribution in [3.63, 3.8) is 0 Å². The van der Waals surface area contributed by atoms with E-state index in [1.165, 1.54) is 0 Å². The largest absolute Gasteiger partial charge is 0.399 e. The molecule has 0 aliphatic rings. The van der Waals surface area contributed by atoms with Crippen LogP contribution in [-0.4, -0.2) is 19.9 Å². The second-order valence-electron chi connectivity index (χ2n) is 4.25. The van der Waals surface area contributed by atoms with Gasteiger partial charge in [0.25, 0.3) is 5.56 Å². The first-order valence-corrected chi connectivity index (χ1v) is 5.70. The summed E-state index contributed by atoms with van der Waals surface area (Å²) in [6.07, 6.45) is 0.565. The summed E-state index contributed by atoms with van der Waals surface area (Å²) in [4.78, 5) is 25.2. The summed E-state index contributed by atoms with van der Waals surface area (Å²) in [5, 5.41) is 0. The molecule has 0 fully saturated rings. The topological polar surface area (TPSA) is 126 Å². The number of aromatic nitrogens is 4. The van der Waals surface area contributed by atoms with E-state index in [9.17, 15) is 4.79 Å². The molecule has 2 aromatic heterocycles. The minimum absolute atomic E-state index is 0.0584. The van der Waals surface area contributed by atoms with Gasteiger partial charge >= 0.3 is 0 Å². The summed E-state index contributed by atoms with van der Waals surface area (Å²) >= 11 is 0. The van der Waals surface area contributed by atoms with Gasteiger partial charge in [-0.15, -0.1) is 0 Å². The number of benzene rings is 1. The predicted molar refractivity (Wildman–Crippen MR) is 72.6 cm³/mol. The molecule has 1 aromatic carbocycles. The Labute approximate surface area is 107 Å². The van der Waals surface area contributed by atoms with E-state index in [4.69, 9.17) is 11.5 Å². The van der Waals surface area contributed by atoms with Gasteiger partial charge in [0.05, 0.1) is 0 Å². The Bertz CT molecular complexity index is 786. The van der Waals surface area contributed by atoms with Crippen molar-refractivity contribution in [3.05, 3.63) is 46.0 Å². The molecule has 0 atom stereocenters. The van der Waals surface area contributed by atoms with Gasteiger partial charge in [-0.25, -0.2) is 4.98 Å². The fraction of sp³-hybridized carbons (Fsp3) is 0.0833. The van der Waals surface area contributed by atoms with Gasteiger partial charge in [0.1, 0.15) is 5.82 Å². The van der Waals surface area contributed by atoms with Crippen LogP contribution in [0.3, 0.4) is 0 Å². The molecule has 0 spiro atoms. The van der Waals surface area contributed by atoms with Crippen LogP contribution in [0.5, 0.6) is 0 Å². The number of anilines is 2. The maximum absolute atomic E-state index is 11.6. The molecule has 3 aromatic rings. The second-order valence-corrected chi connectivity index (χ2v) is 4.25. The Kier molecular flexibility index (Phi) is 2.45. The number of hydrogen-bond donors (Lipinski definition) is 4. The van der Waals surface area contributed by atoms with Crippen molar-refractivity contribution in [2.24, 2.45) is 0 Å². The van der Waals surface area contributed by atoms with Gasteiger partial charge in [0.2, 0.25) is 5.95 Å². The lowest BCUT2D eigenvalue weighted by Gasteiger charge is -1.98. The highest BCUT2D eigenvalue weighted by Gasteiger charge is 2.09.